The maximum absolute atomic E-state index is 11.4. The molecule has 5 heteroatoms. The molecule has 2 aromatic rings. The van der Waals surface area contributed by atoms with Crippen LogP contribution in [-0.4, -0.2) is 35.8 Å². The predicted octanol–water partition coefficient (Wildman–Crippen LogP) is 2.77. The average Bonchev–Trinajstić information content (AvgIpc) is 2.53. The van der Waals surface area contributed by atoms with Crippen LogP contribution in [0.25, 0.3) is 10.9 Å². The summed E-state index contributed by atoms with van der Waals surface area (Å²) in [6.45, 7) is 2.34. The highest BCUT2D eigenvalue weighted by atomic mass is 16.5. The van der Waals surface area contributed by atoms with E-state index in [1.54, 1.807) is 0 Å². The molecule has 2 heterocycles. The number of aromatic nitrogens is 1. The molecule has 1 saturated heterocycles. The summed E-state index contributed by atoms with van der Waals surface area (Å²) in [6, 6.07) is 7.59. The van der Waals surface area contributed by atoms with E-state index in [-0.39, 0.29) is 5.56 Å². The first-order valence-electron chi connectivity index (χ1n) is 7.18. The van der Waals surface area contributed by atoms with Gasteiger partial charge in [-0.05, 0) is 24.8 Å². The van der Waals surface area contributed by atoms with Crippen LogP contribution in [0.5, 0.6) is 0 Å². The number of carbonyl (C=O) groups is 1. The minimum absolute atomic E-state index is 0.223. The van der Waals surface area contributed by atoms with Crippen LogP contribution in [0.1, 0.15) is 23.2 Å². The molecule has 1 aromatic carbocycles. The third-order valence-corrected chi connectivity index (χ3v) is 3.91. The molecule has 0 bridgehead atoms. The van der Waals surface area contributed by atoms with Crippen molar-refractivity contribution in [1.82, 2.24) is 4.98 Å². The lowest BCUT2D eigenvalue weighted by atomic mass is 10.00. The number of carboxylic acids is 1. The highest BCUT2D eigenvalue weighted by molar-refractivity contribution is 6.04. The van der Waals surface area contributed by atoms with Crippen LogP contribution in [0.15, 0.2) is 30.5 Å². The molecule has 0 spiro atoms. The monoisotopic (exact) mass is 286 g/mol. The molecule has 3 rings (SSSR count). The summed E-state index contributed by atoms with van der Waals surface area (Å²) in [5.41, 5.74) is 1.69. The fourth-order valence-electron chi connectivity index (χ4n) is 2.69. The van der Waals surface area contributed by atoms with Crippen molar-refractivity contribution in [2.45, 2.75) is 12.8 Å². The quantitative estimate of drug-likeness (QED) is 0.904. The number of anilines is 1. The summed E-state index contributed by atoms with van der Waals surface area (Å²) in [6.07, 6.45) is 3.45. The third-order valence-electron chi connectivity index (χ3n) is 3.91. The van der Waals surface area contributed by atoms with Gasteiger partial charge in [0.2, 0.25) is 0 Å². The van der Waals surface area contributed by atoms with E-state index in [0.717, 1.165) is 43.5 Å². The van der Waals surface area contributed by atoms with Gasteiger partial charge in [0.25, 0.3) is 0 Å². The highest BCUT2D eigenvalue weighted by Crippen LogP contribution is 2.27. The van der Waals surface area contributed by atoms with Crippen molar-refractivity contribution in [2.24, 2.45) is 5.92 Å². The number of rotatable bonds is 4. The number of aromatic carboxylic acids is 1. The van der Waals surface area contributed by atoms with Crippen molar-refractivity contribution < 1.29 is 14.6 Å². The first-order chi connectivity index (χ1) is 10.3. The van der Waals surface area contributed by atoms with Crippen LogP contribution in [0.2, 0.25) is 0 Å². The van der Waals surface area contributed by atoms with E-state index in [1.165, 1.54) is 6.20 Å². The molecule has 1 aliphatic rings. The van der Waals surface area contributed by atoms with Gasteiger partial charge >= 0.3 is 5.97 Å². The second-order valence-electron chi connectivity index (χ2n) is 5.31. The van der Waals surface area contributed by atoms with Gasteiger partial charge in [-0.1, -0.05) is 18.2 Å². The van der Waals surface area contributed by atoms with Crippen molar-refractivity contribution >= 4 is 22.6 Å². The zero-order valence-corrected chi connectivity index (χ0v) is 11.7. The molecule has 0 saturated carbocycles. The molecule has 2 N–H and O–H groups in total. The molecular weight excluding hydrogens is 268 g/mol. The van der Waals surface area contributed by atoms with E-state index in [4.69, 9.17) is 4.74 Å². The van der Waals surface area contributed by atoms with Gasteiger partial charge in [0.15, 0.2) is 0 Å². The Morgan fingerprint density at radius 2 is 2.10 bits per heavy atom. The number of ether oxygens (including phenoxy) is 1. The predicted molar refractivity (Wildman–Crippen MR) is 80.7 cm³/mol. The largest absolute Gasteiger partial charge is 0.478 e. The molecule has 1 aliphatic heterocycles. The Kier molecular flexibility index (Phi) is 4.01. The van der Waals surface area contributed by atoms with Gasteiger partial charge in [0.1, 0.15) is 5.56 Å². The van der Waals surface area contributed by atoms with Crippen LogP contribution in [0.4, 0.5) is 5.69 Å². The summed E-state index contributed by atoms with van der Waals surface area (Å²) >= 11 is 0. The zero-order chi connectivity index (χ0) is 14.7. The van der Waals surface area contributed by atoms with E-state index in [9.17, 15) is 9.90 Å². The van der Waals surface area contributed by atoms with Crippen molar-refractivity contribution in [3.05, 3.63) is 36.0 Å². The van der Waals surface area contributed by atoms with Gasteiger partial charge in [0.05, 0.1) is 11.2 Å². The Labute approximate surface area is 123 Å². The molecule has 0 amide bonds. The maximum Gasteiger partial charge on any atom is 0.339 e. The van der Waals surface area contributed by atoms with Crippen LogP contribution in [0, 0.1) is 5.92 Å². The summed E-state index contributed by atoms with van der Waals surface area (Å²) in [7, 11) is 0. The van der Waals surface area contributed by atoms with Gasteiger partial charge in [-0.3, -0.25) is 4.98 Å². The molecule has 21 heavy (non-hydrogen) atoms. The number of benzene rings is 1. The zero-order valence-electron chi connectivity index (χ0n) is 11.7. The Morgan fingerprint density at radius 1 is 1.33 bits per heavy atom. The van der Waals surface area contributed by atoms with Crippen LogP contribution < -0.4 is 5.32 Å². The molecule has 0 unspecified atom stereocenters. The minimum Gasteiger partial charge on any atom is -0.478 e. The molecule has 1 aromatic heterocycles. The van der Waals surface area contributed by atoms with Crippen molar-refractivity contribution in [3.8, 4) is 0 Å². The molecule has 0 atom stereocenters. The fourth-order valence-corrected chi connectivity index (χ4v) is 2.69. The second kappa shape index (κ2) is 6.10. The number of carboxylic acid groups (broad SMARTS) is 1. The SMILES string of the molecule is O=C(O)c1cnc2ccccc2c1NCC1CCOCC1. The summed E-state index contributed by atoms with van der Waals surface area (Å²) < 4.78 is 5.35. The molecule has 0 aliphatic carbocycles. The van der Waals surface area contributed by atoms with Crippen molar-refractivity contribution in [1.29, 1.82) is 0 Å². The maximum atomic E-state index is 11.4. The number of nitrogens with zero attached hydrogens (tertiary/aromatic N) is 1. The normalized spacial score (nSPS) is 16.0. The first-order valence-corrected chi connectivity index (χ1v) is 7.18. The molecule has 110 valence electrons. The fraction of sp³-hybridized carbons (Fsp3) is 0.375. The van der Waals surface area contributed by atoms with Gasteiger partial charge in [0, 0.05) is 31.3 Å². The van der Waals surface area contributed by atoms with Crippen LogP contribution >= 0.6 is 0 Å². The van der Waals surface area contributed by atoms with Crippen molar-refractivity contribution in [3.63, 3.8) is 0 Å². The minimum atomic E-state index is -0.956. The number of nitrogens with one attached hydrogen (secondary N) is 1. The Balaban J connectivity index is 1.90. The number of para-hydroxylation sites is 1. The lowest BCUT2D eigenvalue weighted by molar-refractivity contribution is 0.0689. The first kappa shape index (κ1) is 13.8. The standard InChI is InChI=1S/C16H18N2O3/c19-16(20)13-10-17-14-4-2-1-3-12(14)15(13)18-9-11-5-7-21-8-6-11/h1-4,10-11H,5-9H2,(H,17,18)(H,19,20). The number of fused-ring (bicyclic) bond motifs is 1. The van der Waals surface area contributed by atoms with Gasteiger partial charge in [-0.2, -0.15) is 0 Å². The molecule has 5 nitrogen and oxygen atoms in total. The number of pyridine rings is 1. The van der Waals surface area contributed by atoms with E-state index in [2.05, 4.69) is 10.3 Å². The topological polar surface area (TPSA) is 71.5 Å². The van der Waals surface area contributed by atoms with Gasteiger partial charge < -0.3 is 15.2 Å². The van der Waals surface area contributed by atoms with E-state index in [1.807, 2.05) is 24.3 Å². The molecular formula is C16H18N2O3. The Hall–Kier alpha value is -2.14. The second-order valence-corrected chi connectivity index (χ2v) is 5.31. The summed E-state index contributed by atoms with van der Waals surface area (Å²) in [4.78, 5) is 15.6. The summed E-state index contributed by atoms with van der Waals surface area (Å²) in [5, 5.41) is 13.5. The number of hydrogen-bond donors (Lipinski definition) is 2. The Bertz CT molecular complexity index is 651. The highest BCUT2D eigenvalue weighted by Gasteiger charge is 2.17. The van der Waals surface area contributed by atoms with Gasteiger partial charge in [-0.15, -0.1) is 0 Å². The number of hydrogen-bond acceptors (Lipinski definition) is 4. The smallest absolute Gasteiger partial charge is 0.339 e. The van der Waals surface area contributed by atoms with Crippen LogP contribution in [-0.2, 0) is 4.74 Å². The van der Waals surface area contributed by atoms with E-state index in [0.29, 0.717) is 11.6 Å². The molecule has 0 radical (unpaired) electrons. The van der Waals surface area contributed by atoms with E-state index >= 15 is 0 Å². The Morgan fingerprint density at radius 3 is 2.86 bits per heavy atom. The lowest BCUT2D eigenvalue weighted by Gasteiger charge is -2.23. The lowest BCUT2D eigenvalue weighted by Crippen LogP contribution is -2.23. The van der Waals surface area contributed by atoms with E-state index < -0.39 is 5.97 Å². The van der Waals surface area contributed by atoms with Crippen LogP contribution in [0.3, 0.4) is 0 Å². The average molecular weight is 286 g/mol. The van der Waals surface area contributed by atoms with Crippen molar-refractivity contribution in [2.75, 3.05) is 25.1 Å². The van der Waals surface area contributed by atoms with Gasteiger partial charge in [-0.25, -0.2) is 4.79 Å². The molecule has 1 fully saturated rings. The third kappa shape index (κ3) is 2.97. The summed E-state index contributed by atoms with van der Waals surface area (Å²) in [5.74, 6) is -0.435.